The van der Waals surface area contributed by atoms with Gasteiger partial charge in [0.2, 0.25) is 0 Å². The highest BCUT2D eigenvalue weighted by molar-refractivity contribution is 5.52. The zero-order chi connectivity index (χ0) is 13.7. The van der Waals surface area contributed by atoms with Gasteiger partial charge in [-0.1, -0.05) is 6.92 Å². The molecule has 1 aromatic heterocycles. The lowest BCUT2D eigenvalue weighted by molar-refractivity contribution is -0.0277. The van der Waals surface area contributed by atoms with Gasteiger partial charge in [-0.05, 0) is 38.4 Å². The van der Waals surface area contributed by atoms with E-state index in [0.717, 1.165) is 39.2 Å². The van der Waals surface area contributed by atoms with Crippen molar-refractivity contribution in [1.29, 1.82) is 0 Å². The molecule has 0 atom stereocenters. The third-order valence-electron chi connectivity index (χ3n) is 3.40. The summed E-state index contributed by atoms with van der Waals surface area (Å²) in [5.74, 6) is 0. The number of aromatic nitrogens is 1. The van der Waals surface area contributed by atoms with Crippen LogP contribution in [0, 0.1) is 0 Å². The molecule has 0 spiro atoms. The van der Waals surface area contributed by atoms with E-state index in [0.29, 0.717) is 0 Å². The fourth-order valence-corrected chi connectivity index (χ4v) is 2.47. The number of morpholine rings is 1. The minimum absolute atomic E-state index is 0.0811. The first-order chi connectivity index (χ1) is 9.12. The minimum Gasteiger partial charge on any atom is -0.372 e. The smallest absolute Gasteiger partial charge is 0.0801 e. The Morgan fingerprint density at radius 2 is 2.32 bits per heavy atom. The second-order valence-electron chi connectivity index (χ2n) is 5.71. The average Bonchev–Trinajstić information content (AvgIpc) is 2.38. The predicted molar refractivity (Wildman–Crippen MR) is 78.5 cm³/mol. The van der Waals surface area contributed by atoms with E-state index in [-0.39, 0.29) is 5.60 Å². The van der Waals surface area contributed by atoms with Crippen molar-refractivity contribution in [2.45, 2.75) is 39.3 Å². The molecule has 106 valence electrons. The van der Waals surface area contributed by atoms with E-state index in [2.05, 4.69) is 42.0 Å². The number of nitrogens with zero attached hydrogens (tertiary/aromatic N) is 2. The minimum atomic E-state index is -0.0811. The highest BCUT2D eigenvalue weighted by atomic mass is 16.5. The van der Waals surface area contributed by atoms with Crippen molar-refractivity contribution in [3.8, 4) is 0 Å². The monoisotopic (exact) mass is 263 g/mol. The number of rotatable bonds is 5. The molecule has 1 aliphatic heterocycles. The van der Waals surface area contributed by atoms with Crippen LogP contribution >= 0.6 is 0 Å². The Balaban J connectivity index is 2.10. The molecule has 1 N–H and O–H groups in total. The standard InChI is InChI=1S/C15H25N3O/c1-4-6-16-10-13-5-7-17-11-14(13)18-8-9-19-15(2,3)12-18/h5,7,11,16H,4,6,8-10,12H2,1-3H3. The normalized spacial score (nSPS) is 18.6. The van der Waals surface area contributed by atoms with E-state index >= 15 is 0 Å². The molecule has 1 aliphatic rings. The van der Waals surface area contributed by atoms with Crippen LogP contribution in [0.15, 0.2) is 18.5 Å². The zero-order valence-corrected chi connectivity index (χ0v) is 12.3. The van der Waals surface area contributed by atoms with Crippen molar-refractivity contribution in [3.05, 3.63) is 24.0 Å². The molecule has 1 aromatic rings. The maximum absolute atomic E-state index is 5.78. The maximum atomic E-state index is 5.78. The van der Waals surface area contributed by atoms with Gasteiger partial charge in [-0.25, -0.2) is 0 Å². The van der Waals surface area contributed by atoms with Crippen LogP contribution in [0.4, 0.5) is 5.69 Å². The van der Waals surface area contributed by atoms with E-state index in [1.165, 1.54) is 11.3 Å². The second-order valence-corrected chi connectivity index (χ2v) is 5.71. The van der Waals surface area contributed by atoms with Crippen molar-refractivity contribution < 1.29 is 4.74 Å². The van der Waals surface area contributed by atoms with Crippen molar-refractivity contribution >= 4 is 5.69 Å². The summed E-state index contributed by atoms with van der Waals surface area (Å²) in [6.07, 6.45) is 5.01. The van der Waals surface area contributed by atoms with Gasteiger partial charge in [0, 0.05) is 25.8 Å². The Morgan fingerprint density at radius 3 is 3.05 bits per heavy atom. The molecule has 0 aromatic carbocycles. The first-order valence-electron chi connectivity index (χ1n) is 7.15. The molecule has 0 radical (unpaired) electrons. The lowest BCUT2D eigenvalue weighted by Gasteiger charge is -2.40. The molecular weight excluding hydrogens is 238 g/mol. The molecule has 0 saturated carbocycles. The van der Waals surface area contributed by atoms with Crippen LogP contribution in [0.5, 0.6) is 0 Å². The van der Waals surface area contributed by atoms with Crippen LogP contribution < -0.4 is 10.2 Å². The van der Waals surface area contributed by atoms with E-state index < -0.39 is 0 Å². The molecule has 0 bridgehead atoms. The van der Waals surface area contributed by atoms with Crippen molar-refractivity contribution in [2.24, 2.45) is 0 Å². The Hall–Kier alpha value is -1.13. The Labute approximate surface area is 116 Å². The molecule has 2 heterocycles. The summed E-state index contributed by atoms with van der Waals surface area (Å²) >= 11 is 0. The summed E-state index contributed by atoms with van der Waals surface area (Å²) in [5.41, 5.74) is 2.48. The highest BCUT2D eigenvalue weighted by Crippen LogP contribution is 2.25. The zero-order valence-electron chi connectivity index (χ0n) is 12.3. The molecule has 2 rings (SSSR count). The van der Waals surface area contributed by atoms with Gasteiger partial charge in [0.15, 0.2) is 0 Å². The molecular formula is C15H25N3O. The fraction of sp³-hybridized carbons (Fsp3) is 0.667. The van der Waals surface area contributed by atoms with Gasteiger partial charge in [0.25, 0.3) is 0 Å². The Kier molecular flexibility index (Phi) is 4.77. The van der Waals surface area contributed by atoms with Crippen molar-refractivity contribution in [2.75, 3.05) is 31.1 Å². The summed E-state index contributed by atoms with van der Waals surface area (Å²) in [6.45, 7) is 11.1. The summed E-state index contributed by atoms with van der Waals surface area (Å²) in [6, 6.07) is 2.11. The van der Waals surface area contributed by atoms with Crippen LogP contribution in [0.1, 0.15) is 32.8 Å². The number of pyridine rings is 1. The van der Waals surface area contributed by atoms with E-state index in [9.17, 15) is 0 Å². The van der Waals surface area contributed by atoms with Crippen LogP contribution in [-0.4, -0.2) is 36.8 Å². The lowest BCUT2D eigenvalue weighted by atomic mass is 10.1. The molecule has 19 heavy (non-hydrogen) atoms. The van der Waals surface area contributed by atoms with E-state index in [1.54, 1.807) is 0 Å². The van der Waals surface area contributed by atoms with Gasteiger partial charge < -0.3 is 15.0 Å². The van der Waals surface area contributed by atoms with Gasteiger partial charge in [-0.3, -0.25) is 4.98 Å². The van der Waals surface area contributed by atoms with Gasteiger partial charge in [-0.15, -0.1) is 0 Å². The highest BCUT2D eigenvalue weighted by Gasteiger charge is 2.28. The molecule has 0 amide bonds. The number of hydrogen-bond donors (Lipinski definition) is 1. The predicted octanol–water partition coefficient (Wildman–Crippen LogP) is 2.20. The second kappa shape index (κ2) is 6.35. The Morgan fingerprint density at radius 1 is 1.47 bits per heavy atom. The molecule has 1 fully saturated rings. The topological polar surface area (TPSA) is 37.4 Å². The first-order valence-corrected chi connectivity index (χ1v) is 7.15. The van der Waals surface area contributed by atoms with Gasteiger partial charge in [-0.2, -0.15) is 0 Å². The third kappa shape index (κ3) is 3.91. The number of nitrogens with one attached hydrogen (secondary N) is 1. The first kappa shape index (κ1) is 14.3. The summed E-state index contributed by atoms with van der Waals surface area (Å²) in [7, 11) is 0. The average molecular weight is 263 g/mol. The molecule has 1 saturated heterocycles. The molecule has 4 nitrogen and oxygen atoms in total. The summed E-state index contributed by atoms with van der Waals surface area (Å²) in [4.78, 5) is 6.67. The van der Waals surface area contributed by atoms with Crippen LogP contribution in [0.3, 0.4) is 0 Å². The third-order valence-corrected chi connectivity index (χ3v) is 3.40. The summed E-state index contributed by atoms with van der Waals surface area (Å²) in [5, 5.41) is 3.47. The van der Waals surface area contributed by atoms with E-state index in [4.69, 9.17) is 4.74 Å². The molecule has 4 heteroatoms. The lowest BCUT2D eigenvalue weighted by Crippen LogP contribution is -2.48. The quantitative estimate of drug-likeness (QED) is 0.826. The number of ether oxygens (including phenoxy) is 1. The SMILES string of the molecule is CCCNCc1ccncc1N1CCOC(C)(C)C1. The van der Waals surface area contributed by atoms with Gasteiger partial charge in [0.1, 0.15) is 0 Å². The summed E-state index contributed by atoms with van der Waals surface area (Å²) < 4.78 is 5.78. The fourth-order valence-electron chi connectivity index (χ4n) is 2.47. The van der Waals surface area contributed by atoms with Crippen molar-refractivity contribution in [1.82, 2.24) is 10.3 Å². The van der Waals surface area contributed by atoms with Crippen LogP contribution in [-0.2, 0) is 11.3 Å². The van der Waals surface area contributed by atoms with Crippen LogP contribution in [0.2, 0.25) is 0 Å². The van der Waals surface area contributed by atoms with Gasteiger partial charge >= 0.3 is 0 Å². The molecule has 0 aliphatic carbocycles. The largest absolute Gasteiger partial charge is 0.372 e. The Bertz CT molecular complexity index is 406. The molecule has 0 unspecified atom stereocenters. The number of hydrogen-bond acceptors (Lipinski definition) is 4. The van der Waals surface area contributed by atoms with Gasteiger partial charge in [0.05, 0.1) is 24.1 Å². The number of anilines is 1. The van der Waals surface area contributed by atoms with Crippen LogP contribution in [0.25, 0.3) is 0 Å². The van der Waals surface area contributed by atoms with E-state index in [1.807, 2.05) is 12.4 Å². The maximum Gasteiger partial charge on any atom is 0.0801 e. The van der Waals surface area contributed by atoms with Crippen molar-refractivity contribution in [3.63, 3.8) is 0 Å².